The van der Waals surface area contributed by atoms with Gasteiger partial charge in [0, 0.05) is 32.3 Å². The molecule has 0 amide bonds. The van der Waals surface area contributed by atoms with Crippen LogP contribution in [0, 0.1) is 0 Å². The average molecular weight is 1090 g/mol. The van der Waals surface area contributed by atoms with Gasteiger partial charge in [-0.15, -0.1) is 0 Å². The van der Waals surface area contributed by atoms with Crippen LogP contribution in [-0.4, -0.2) is 21.3 Å². The lowest BCUT2D eigenvalue weighted by Crippen LogP contribution is -2.33. The number of benzene rings is 10. The Balaban J connectivity index is 0.865. The highest BCUT2D eigenvalue weighted by atomic mass is 16.2. The first-order valence-electron chi connectivity index (χ1n) is 28.6. The van der Waals surface area contributed by atoms with Crippen LogP contribution in [0.15, 0.2) is 175 Å². The second-order valence-corrected chi connectivity index (χ2v) is 24.1. The summed E-state index contributed by atoms with van der Waals surface area (Å²) in [6.07, 6.45) is 3.30. The van der Waals surface area contributed by atoms with Crippen LogP contribution in [0.2, 0.25) is 0 Å². The van der Waals surface area contributed by atoms with Gasteiger partial charge in [0.25, 0.3) is 22.2 Å². The molecule has 13 aromatic carbocycles. The van der Waals surface area contributed by atoms with Gasteiger partial charge in [0.1, 0.15) is 0 Å². The first-order valence-corrected chi connectivity index (χ1v) is 28.6. The number of nitrogens with zero attached hydrogens (tertiary/aromatic N) is 4. The third kappa shape index (κ3) is 7.05. The van der Waals surface area contributed by atoms with Crippen LogP contribution in [0.4, 0.5) is 11.4 Å². The Labute approximate surface area is 478 Å². The number of carbonyl (C=O) groups excluding carboxylic acids is 2. The van der Waals surface area contributed by atoms with E-state index in [-0.39, 0.29) is 45.9 Å². The monoisotopic (exact) mass is 1090 g/mol. The molecule has 10 heteroatoms. The number of aromatic nitrogens is 2. The average Bonchev–Trinajstić information content (AvgIpc) is 1.53. The van der Waals surface area contributed by atoms with Crippen LogP contribution in [0.5, 0.6) is 0 Å². The minimum Gasteiger partial charge on any atom is -0.268 e. The van der Waals surface area contributed by atoms with E-state index in [0.29, 0.717) is 55.1 Å². The molecule has 0 unspecified atom stereocenters. The molecule has 0 atom stereocenters. The summed E-state index contributed by atoms with van der Waals surface area (Å²) in [7, 11) is 0. The van der Waals surface area contributed by atoms with E-state index in [2.05, 4.69) is 82.8 Å². The second-order valence-electron chi connectivity index (χ2n) is 24.1. The standard InChI is InChI=1S/C74H52N4O6/c1-35(2)57-29-47(75-33-79)30-58(36(3)4)69(57)77-71(81)53-17-13-49-61-25-43-21-39-9-11-41-23-45-27-63-51-15-19-55-68-56(74(84)78(73(55)83)70-59(37(5)6)31-48(76-34-80)32-60(70)38(7)8)20-16-52(66(51)68)64(63)28-46(45)24-42(41)12-10-40(39)22-44(43)26-62(61)50-14-18-54(72(77)82)67(53)65(49)50/h9-32,35-38H,1-8H3. The van der Waals surface area contributed by atoms with Crippen LogP contribution in [0.1, 0.15) is 101 Å². The summed E-state index contributed by atoms with van der Waals surface area (Å²) < 4.78 is 2.68. The Bertz CT molecular complexity index is 5180. The molecule has 15 aromatic rings. The van der Waals surface area contributed by atoms with Crippen LogP contribution >= 0.6 is 0 Å². The summed E-state index contributed by atoms with van der Waals surface area (Å²) in [5, 5.41) is 21.7. The summed E-state index contributed by atoms with van der Waals surface area (Å²) >= 11 is 0. The molecule has 0 N–H and O–H groups in total. The minimum atomic E-state index is -0.380. The van der Waals surface area contributed by atoms with Crippen LogP contribution in [0.25, 0.3) is 141 Å². The number of hydrogen-bond acceptors (Lipinski definition) is 8. The van der Waals surface area contributed by atoms with Gasteiger partial charge in [-0.2, -0.15) is 9.98 Å². The van der Waals surface area contributed by atoms with E-state index >= 15 is 0 Å². The molecule has 0 saturated heterocycles. The third-order valence-corrected chi connectivity index (χ3v) is 18.1. The maximum absolute atomic E-state index is 14.9. The van der Waals surface area contributed by atoms with E-state index in [0.717, 1.165) is 119 Å². The second kappa shape index (κ2) is 18.1. The van der Waals surface area contributed by atoms with Gasteiger partial charge in [-0.25, -0.2) is 18.7 Å². The van der Waals surface area contributed by atoms with Crippen molar-refractivity contribution in [3.05, 3.63) is 209 Å². The first kappa shape index (κ1) is 50.7. The van der Waals surface area contributed by atoms with Crippen LogP contribution in [0.3, 0.4) is 0 Å². The van der Waals surface area contributed by atoms with E-state index in [9.17, 15) is 28.8 Å². The SMILES string of the molecule is CC(C)c1cc(N=C=O)cc(C(C)C)c1-n1c(=O)c2ccc3c4cc5cc6ccc7cc8cc9c(cc8cc7ccc6cc5cc4c4ccc(c1=O)c2c34)c1ccc2c(=O)n(-c3c(C(C)C)cc(N=C=O)cc3C(C)C)c(=O)c3ccc9c1c32. The molecule has 0 aliphatic heterocycles. The van der Waals surface area contributed by atoms with Crippen molar-refractivity contribution in [1.82, 2.24) is 9.13 Å². The Morgan fingerprint density at radius 2 is 0.512 bits per heavy atom. The molecule has 0 saturated carbocycles. The summed E-state index contributed by atoms with van der Waals surface area (Å²) in [5.74, 6) is -0.327. The minimum absolute atomic E-state index is 0.0817. The van der Waals surface area contributed by atoms with E-state index in [1.54, 1.807) is 36.4 Å². The summed E-state index contributed by atoms with van der Waals surface area (Å²) in [6.45, 7) is 16.0. The normalized spacial score (nSPS) is 12.4. The molecule has 10 nitrogen and oxygen atoms in total. The fraction of sp³-hybridized carbons (Fsp3) is 0.162. The highest BCUT2D eigenvalue weighted by Crippen LogP contribution is 2.46. The fourth-order valence-electron chi connectivity index (χ4n) is 14.1. The van der Waals surface area contributed by atoms with Crippen molar-refractivity contribution in [2.24, 2.45) is 9.98 Å². The number of isocyanates is 2. The van der Waals surface area contributed by atoms with Crippen molar-refractivity contribution in [2.45, 2.75) is 79.1 Å². The van der Waals surface area contributed by atoms with Gasteiger partial charge in [0.2, 0.25) is 12.2 Å². The topological polar surface area (TPSA) is 137 Å². The summed E-state index contributed by atoms with van der Waals surface area (Å²) in [6, 6.07) is 49.3. The van der Waals surface area contributed by atoms with Gasteiger partial charge in [0.15, 0.2) is 0 Å². The molecule has 2 heterocycles. The molecule has 84 heavy (non-hydrogen) atoms. The zero-order valence-corrected chi connectivity index (χ0v) is 47.4. The highest BCUT2D eigenvalue weighted by molar-refractivity contribution is 6.38. The number of aliphatic imine (C=N–C) groups is 2. The number of rotatable bonds is 8. The van der Waals surface area contributed by atoms with Gasteiger partial charge < -0.3 is 0 Å². The molecular formula is C74H52N4O6. The molecule has 0 aliphatic carbocycles. The first-order chi connectivity index (χ1) is 40.5. The molecule has 404 valence electrons. The predicted octanol–water partition coefficient (Wildman–Crippen LogP) is 17.3. The quantitative estimate of drug-likeness (QED) is 0.110. The van der Waals surface area contributed by atoms with Crippen molar-refractivity contribution in [3.8, 4) is 11.4 Å². The lowest BCUT2D eigenvalue weighted by atomic mass is 9.91. The molecule has 0 bridgehead atoms. The Morgan fingerprint density at radius 1 is 0.286 bits per heavy atom. The molecule has 0 radical (unpaired) electrons. The van der Waals surface area contributed by atoms with E-state index in [1.165, 1.54) is 9.13 Å². The Hall–Kier alpha value is -10.2. The van der Waals surface area contributed by atoms with E-state index in [1.807, 2.05) is 104 Å². The van der Waals surface area contributed by atoms with Crippen molar-refractivity contribution in [2.75, 3.05) is 0 Å². The largest absolute Gasteiger partial charge is 0.268 e. The number of hydrogen-bond donors (Lipinski definition) is 0. The van der Waals surface area contributed by atoms with Gasteiger partial charge in [-0.1, -0.05) is 104 Å². The van der Waals surface area contributed by atoms with Gasteiger partial charge >= 0.3 is 0 Å². The Morgan fingerprint density at radius 3 is 0.738 bits per heavy atom. The smallest absolute Gasteiger partial charge is 0.266 e. The summed E-state index contributed by atoms with van der Waals surface area (Å²) in [4.78, 5) is 90.2. The van der Waals surface area contributed by atoms with Crippen molar-refractivity contribution in [1.29, 1.82) is 0 Å². The maximum atomic E-state index is 14.9. The lowest BCUT2D eigenvalue weighted by molar-refractivity contribution is 0.564. The molecule has 0 fully saturated rings. The van der Waals surface area contributed by atoms with Gasteiger partial charge in [-0.3, -0.25) is 19.2 Å². The molecule has 15 rings (SSSR count). The van der Waals surface area contributed by atoms with Crippen LogP contribution in [-0.2, 0) is 9.59 Å². The van der Waals surface area contributed by atoms with Crippen molar-refractivity contribution in [3.63, 3.8) is 0 Å². The van der Waals surface area contributed by atoms with Crippen LogP contribution < -0.4 is 22.2 Å². The van der Waals surface area contributed by atoms with E-state index in [4.69, 9.17) is 0 Å². The molecule has 2 aromatic heterocycles. The van der Waals surface area contributed by atoms with E-state index < -0.39 is 0 Å². The van der Waals surface area contributed by atoms with Gasteiger partial charge in [-0.05, 0) is 240 Å². The highest BCUT2D eigenvalue weighted by Gasteiger charge is 2.28. The predicted molar refractivity (Wildman–Crippen MR) is 346 cm³/mol. The molecule has 0 spiro atoms. The van der Waals surface area contributed by atoms with Crippen molar-refractivity contribution < 1.29 is 9.59 Å². The number of pyridine rings is 2. The third-order valence-electron chi connectivity index (χ3n) is 18.1. The Kier molecular flexibility index (Phi) is 10.9. The molecule has 0 aliphatic rings. The van der Waals surface area contributed by atoms with Crippen molar-refractivity contribution >= 4 is 153 Å². The molecular weight excluding hydrogens is 1040 g/mol. The number of fused-ring (bicyclic) bond motifs is 10. The zero-order valence-electron chi connectivity index (χ0n) is 47.4. The maximum Gasteiger partial charge on any atom is 0.266 e. The summed E-state index contributed by atoms with van der Waals surface area (Å²) in [5.41, 5.74) is 3.48. The van der Waals surface area contributed by atoms with Gasteiger partial charge in [0.05, 0.1) is 22.7 Å². The lowest BCUT2D eigenvalue weighted by Gasteiger charge is -2.22. The zero-order chi connectivity index (χ0) is 58.0. The fourth-order valence-corrected chi connectivity index (χ4v) is 14.1.